The fraction of sp³-hybridized carbons (Fsp3) is 0.462. The summed E-state index contributed by atoms with van der Waals surface area (Å²) in [6.45, 7) is 7.53. The average molecular weight is 221 g/mol. The van der Waals surface area contributed by atoms with E-state index >= 15 is 0 Å². The van der Waals surface area contributed by atoms with Crippen molar-refractivity contribution in [2.24, 2.45) is 0 Å². The zero-order valence-electron chi connectivity index (χ0n) is 10.3. The monoisotopic (exact) mass is 221 g/mol. The summed E-state index contributed by atoms with van der Waals surface area (Å²) in [6, 6.07) is 5.65. The van der Waals surface area contributed by atoms with Gasteiger partial charge in [-0.2, -0.15) is 0 Å². The predicted octanol–water partition coefficient (Wildman–Crippen LogP) is 2.46. The maximum absolute atomic E-state index is 11.6. The van der Waals surface area contributed by atoms with Crippen LogP contribution in [-0.2, 0) is 16.0 Å². The lowest BCUT2D eigenvalue weighted by Gasteiger charge is -2.19. The molecule has 0 unspecified atom stereocenters. The fourth-order valence-corrected chi connectivity index (χ4v) is 1.42. The fourth-order valence-electron chi connectivity index (χ4n) is 1.42. The van der Waals surface area contributed by atoms with Crippen molar-refractivity contribution in [3.63, 3.8) is 0 Å². The molecule has 0 aliphatic carbocycles. The molecule has 88 valence electrons. The zero-order valence-corrected chi connectivity index (χ0v) is 10.3. The standard InChI is InChI=1S/C13H19NO2/c1-9-5-6-11(14)10(7-9)8-12(15)16-13(2,3)4/h5-7H,8,14H2,1-4H3. The van der Waals surface area contributed by atoms with E-state index in [1.165, 1.54) is 0 Å². The second-order valence-electron chi connectivity index (χ2n) is 4.97. The number of rotatable bonds is 2. The van der Waals surface area contributed by atoms with Crippen molar-refractivity contribution in [2.45, 2.75) is 39.7 Å². The molecule has 0 aliphatic heterocycles. The Labute approximate surface area is 96.6 Å². The number of hydrogen-bond donors (Lipinski definition) is 1. The van der Waals surface area contributed by atoms with Crippen LogP contribution >= 0.6 is 0 Å². The van der Waals surface area contributed by atoms with Gasteiger partial charge in [-0.15, -0.1) is 0 Å². The molecular formula is C13H19NO2. The smallest absolute Gasteiger partial charge is 0.310 e. The molecule has 0 fully saturated rings. The van der Waals surface area contributed by atoms with Crippen molar-refractivity contribution in [1.29, 1.82) is 0 Å². The van der Waals surface area contributed by atoms with Crippen LogP contribution in [0.4, 0.5) is 5.69 Å². The molecule has 1 aromatic rings. The van der Waals surface area contributed by atoms with Gasteiger partial charge in [0.2, 0.25) is 0 Å². The van der Waals surface area contributed by atoms with Crippen LogP contribution in [0.1, 0.15) is 31.9 Å². The molecule has 0 heterocycles. The summed E-state index contributed by atoms with van der Waals surface area (Å²) < 4.78 is 5.24. The van der Waals surface area contributed by atoms with Crippen LogP contribution < -0.4 is 5.73 Å². The highest BCUT2D eigenvalue weighted by atomic mass is 16.6. The van der Waals surface area contributed by atoms with Crippen LogP contribution in [0.2, 0.25) is 0 Å². The van der Waals surface area contributed by atoms with E-state index in [9.17, 15) is 4.79 Å². The molecule has 0 saturated heterocycles. The number of esters is 1. The van der Waals surface area contributed by atoms with Gasteiger partial charge in [0, 0.05) is 5.69 Å². The molecule has 0 bridgehead atoms. The van der Waals surface area contributed by atoms with Gasteiger partial charge in [-0.1, -0.05) is 17.7 Å². The Balaban J connectivity index is 2.73. The molecule has 0 aromatic heterocycles. The van der Waals surface area contributed by atoms with Crippen LogP contribution in [0, 0.1) is 6.92 Å². The molecule has 0 aliphatic rings. The number of carbonyl (C=O) groups excluding carboxylic acids is 1. The summed E-state index contributed by atoms with van der Waals surface area (Å²) in [6.07, 6.45) is 0.227. The van der Waals surface area contributed by atoms with Crippen LogP contribution in [0.15, 0.2) is 18.2 Å². The molecule has 2 N–H and O–H groups in total. The summed E-state index contributed by atoms with van der Waals surface area (Å²) in [5, 5.41) is 0. The van der Waals surface area contributed by atoms with E-state index in [1.807, 2.05) is 45.9 Å². The number of carbonyl (C=O) groups is 1. The highest BCUT2D eigenvalue weighted by Gasteiger charge is 2.17. The van der Waals surface area contributed by atoms with Crippen LogP contribution in [0.25, 0.3) is 0 Å². The van der Waals surface area contributed by atoms with Gasteiger partial charge in [-0.25, -0.2) is 0 Å². The third kappa shape index (κ3) is 3.93. The van der Waals surface area contributed by atoms with E-state index in [0.717, 1.165) is 11.1 Å². The van der Waals surface area contributed by atoms with Crippen molar-refractivity contribution >= 4 is 11.7 Å². The van der Waals surface area contributed by atoms with Gasteiger partial charge in [0.05, 0.1) is 6.42 Å². The summed E-state index contributed by atoms with van der Waals surface area (Å²) in [5.74, 6) is -0.246. The number of benzene rings is 1. The Bertz CT molecular complexity index is 391. The molecule has 16 heavy (non-hydrogen) atoms. The van der Waals surface area contributed by atoms with Crippen LogP contribution in [-0.4, -0.2) is 11.6 Å². The van der Waals surface area contributed by atoms with E-state index in [0.29, 0.717) is 5.69 Å². The Kier molecular flexibility index (Phi) is 3.58. The normalized spacial score (nSPS) is 11.2. The Morgan fingerprint density at radius 1 is 1.38 bits per heavy atom. The van der Waals surface area contributed by atoms with Crippen LogP contribution in [0.5, 0.6) is 0 Å². The first-order chi connectivity index (χ1) is 7.28. The van der Waals surface area contributed by atoms with Gasteiger partial charge in [0.25, 0.3) is 0 Å². The van der Waals surface area contributed by atoms with E-state index in [-0.39, 0.29) is 12.4 Å². The van der Waals surface area contributed by atoms with Gasteiger partial charge in [-0.3, -0.25) is 4.79 Å². The first kappa shape index (κ1) is 12.6. The number of aryl methyl sites for hydroxylation is 1. The second-order valence-corrected chi connectivity index (χ2v) is 4.97. The first-order valence-electron chi connectivity index (χ1n) is 5.35. The summed E-state index contributed by atoms with van der Waals surface area (Å²) >= 11 is 0. The highest BCUT2D eigenvalue weighted by molar-refractivity contribution is 5.75. The largest absolute Gasteiger partial charge is 0.460 e. The lowest BCUT2D eigenvalue weighted by Crippen LogP contribution is -2.25. The molecule has 1 aromatic carbocycles. The van der Waals surface area contributed by atoms with Crippen molar-refractivity contribution in [1.82, 2.24) is 0 Å². The van der Waals surface area contributed by atoms with Gasteiger partial charge in [0.1, 0.15) is 5.60 Å². The number of nitrogen functional groups attached to an aromatic ring is 1. The summed E-state index contributed by atoms with van der Waals surface area (Å²) in [4.78, 5) is 11.6. The van der Waals surface area contributed by atoms with E-state index in [4.69, 9.17) is 10.5 Å². The maximum Gasteiger partial charge on any atom is 0.310 e. The minimum absolute atomic E-state index is 0.227. The number of anilines is 1. The number of ether oxygens (including phenoxy) is 1. The third-order valence-electron chi connectivity index (χ3n) is 2.05. The van der Waals surface area contributed by atoms with Crippen molar-refractivity contribution < 1.29 is 9.53 Å². The van der Waals surface area contributed by atoms with Crippen molar-refractivity contribution in [2.75, 3.05) is 5.73 Å². The highest BCUT2D eigenvalue weighted by Crippen LogP contribution is 2.16. The second kappa shape index (κ2) is 4.56. The van der Waals surface area contributed by atoms with Gasteiger partial charge >= 0.3 is 5.97 Å². The Hall–Kier alpha value is -1.51. The van der Waals surface area contributed by atoms with Gasteiger partial charge in [0.15, 0.2) is 0 Å². The van der Waals surface area contributed by atoms with Gasteiger partial charge in [-0.05, 0) is 39.3 Å². The van der Waals surface area contributed by atoms with Crippen molar-refractivity contribution in [3.8, 4) is 0 Å². The average Bonchev–Trinajstić information content (AvgIpc) is 2.08. The molecule has 3 nitrogen and oxygen atoms in total. The number of hydrogen-bond acceptors (Lipinski definition) is 3. The molecule has 3 heteroatoms. The number of nitrogens with two attached hydrogens (primary N) is 1. The SMILES string of the molecule is Cc1ccc(N)c(CC(=O)OC(C)(C)C)c1. The minimum Gasteiger partial charge on any atom is -0.460 e. The molecule has 0 amide bonds. The predicted molar refractivity (Wildman–Crippen MR) is 65.1 cm³/mol. The maximum atomic E-state index is 11.6. The van der Waals surface area contributed by atoms with Gasteiger partial charge < -0.3 is 10.5 Å². The molecule has 0 saturated carbocycles. The van der Waals surface area contributed by atoms with E-state index in [2.05, 4.69) is 0 Å². The molecule has 0 atom stereocenters. The Morgan fingerprint density at radius 2 is 2.00 bits per heavy atom. The summed E-state index contributed by atoms with van der Waals surface area (Å²) in [7, 11) is 0. The quantitative estimate of drug-likeness (QED) is 0.616. The van der Waals surface area contributed by atoms with E-state index in [1.54, 1.807) is 0 Å². The van der Waals surface area contributed by atoms with E-state index < -0.39 is 5.60 Å². The first-order valence-corrected chi connectivity index (χ1v) is 5.35. The summed E-state index contributed by atoms with van der Waals surface area (Å²) in [5.41, 5.74) is 7.90. The molecule has 0 radical (unpaired) electrons. The van der Waals surface area contributed by atoms with Crippen molar-refractivity contribution in [3.05, 3.63) is 29.3 Å². The zero-order chi connectivity index (χ0) is 12.3. The molecule has 0 spiro atoms. The lowest BCUT2D eigenvalue weighted by molar-refractivity contribution is -0.153. The minimum atomic E-state index is -0.449. The molecular weight excluding hydrogens is 202 g/mol. The Morgan fingerprint density at radius 3 is 2.56 bits per heavy atom. The van der Waals surface area contributed by atoms with Crippen LogP contribution in [0.3, 0.4) is 0 Å². The lowest BCUT2D eigenvalue weighted by atomic mass is 10.1. The third-order valence-corrected chi connectivity index (χ3v) is 2.05. The molecule has 1 rings (SSSR count). The topological polar surface area (TPSA) is 52.3 Å².